The first kappa shape index (κ1) is 13.3. The van der Waals surface area contributed by atoms with Crippen molar-refractivity contribution in [2.75, 3.05) is 26.2 Å². The van der Waals surface area contributed by atoms with Crippen molar-refractivity contribution in [3.63, 3.8) is 0 Å². The molecule has 0 amide bonds. The van der Waals surface area contributed by atoms with Crippen LogP contribution >= 0.6 is 15.9 Å². The molecule has 18 heavy (non-hydrogen) atoms. The fourth-order valence-electron chi connectivity index (χ4n) is 2.01. The Morgan fingerprint density at radius 1 is 1.39 bits per heavy atom. The lowest BCUT2D eigenvalue weighted by Gasteiger charge is -2.15. The normalized spacial score (nSPS) is 15.8. The largest absolute Gasteiger partial charge is 0.491 e. The topological polar surface area (TPSA) is 55.6 Å². The van der Waals surface area contributed by atoms with Crippen molar-refractivity contribution in [3.8, 4) is 5.75 Å². The summed E-state index contributed by atoms with van der Waals surface area (Å²) in [4.78, 5) is 12.6. The molecule has 0 aromatic heterocycles. The average Bonchev–Trinajstić information content (AvgIpc) is 2.84. The van der Waals surface area contributed by atoms with E-state index in [0.717, 1.165) is 24.1 Å². The first-order chi connectivity index (χ1) is 8.66. The molecule has 0 N–H and O–H groups in total. The molecular weight excluding hydrogens is 300 g/mol. The minimum atomic E-state index is -0.417. The summed E-state index contributed by atoms with van der Waals surface area (Å²) in [5.74, 6) is 0.531. The Morgan fingerprint density at radius 2 is 2.11 bits per heavy atom. The molecule has 1 heterocycles. The van der Waals surface area contributed by atoms with Gasteiger partial charge in [-0.2, -0.15) is 0 Å². The third-order valence-corrected chi connectivity index (χ3v) is 3.64. The Kier molecular flexibility index (Phi) is 4.54. The van der Waals surface area contributed by atoms with Crippen LogP contribution in [-0.2, 0) is 0 Å². The van der Waals surface area contributed by atoms with E-state index >= 15 is 0 Å². The number of non-ortho nitro benzene ring substituents is 1. The average molecular weight is 315 g/mol. The van der Waals surface area contributed by atoms with Gasteiger partial charge in [0.05, 0.1) is 15.5 Å². The Labute approximate surface area is 114 Å². The highest BCUT2D eigenvalue weighted by Crippen LogP contribution is 2.29. The number of nitro benzene ring substituents is 1. The summed E-state index contributed by atoms with van der Waals surface area (Å²) in [7, 11) is 0. The zero-order valence-electron chi connectivity index (χ0n) is 9.97. The zero-order chi connectivity index (χ0) is 13.0. The SMILES string of the molecule is O=[N+]([O-])c1ccc(Br)c(OCCN2CCCC2)c1. The second-order valence-electron chi connectivity index (χ2n) is 4.27. The van der Waals surface area contributed by atoms with Crippen molar-refractivity contribution in [2.45, 2.75) is 12.8 Å². The fraction of sp³-hybridized carbons (Fsp3) is 0.500. The van der Waals surface area contributed by atoms with E-state index in [1.807, 2.05) is 0 Å². The Bertz CT molecular complexity index is 433. The van der Waals surface area contributed by atoms with Crippen molar-refractivity contribution in [1.29, 1.82) is 0 Å². The summed E-state index contributed by atoms with van der Waals surface area (Å²) in [6.07, 6.45) is 2.50. The molecule has 2 rings (SSSR count). The number of nitrogens with zero attached hydrogens (tertiary/aromatic N) is 2. The predicted octanol–water partition coefficient (Wildman–Crippen LogP) is 2.83. The van der Waals surface area contributed by atoms with Crippen molar-refractivity contribution in [1.82, 2.24) is 4.90 Å². The molecule has 0 atom stereocenters. The number of benzene rings is 1. The van der Waals surface area contributed by atoms with Crippen LogP contribution in [0.25, 0.3) is 0 Å². The number of nitro groups is 1. The van der Waals surface area contributed by atoms with Crippen molar-refractivity contribution in [2.24, 2.45) is 0 Å². The maximum Gasteiger partial charge on any atom is 0.273 e. The maximum absolute atomic E-state index is 10.7. The van der Waals surface area contributed by atoms with Gasteiger partial charge in [-0.05, 0) is 47.9 Å². The van der Waals surface area contributed by atoms with Gasteiger partial charge in [-0.3, -0.25) is 15.0 Å². The molecule has 1 aromatic carbocycles. The maximum atomic E-state index is 10.7. The van der Waals surface area contributed by atoms with Gasteiger partial charge in [0.2, 0.25) is 0 Å². The Morgan fingerprint density at radius 3 is 2.78 bits per heavy atom. The van der Waals surface area contributed by atoms with Crippen LogP contribution < -0.4 is 4.74 Å². The molecule has 5 nitrogen and oxygen atoms in total. The van der Waals surface area contributed by atoms with Crippen molar-refractivity contribution in [3.05, 3.63) is 32.8 Å². The van der Waals surface area contributed by atoms with Gasteiger partial charge in [-0.1, -0.05) is 0 Å². The lowest BCUT2D eigenvalue weighted by atomic mass is 10.3. The van der Waals surface area contributed by atoms with E-state index in [0.29, 0.717) is 12.4 Å². The minimum Gasteiger partial charge on any atom is -0.491 e. The molecule has 0 unspecified atom stereocenters. The molecule has 1 aliphatic rings. The van der Waals surface area contributed by atoms with Gasteiger partial charge in [0.1, 0.15) is 12.4 Å². The number of hydrogen-bond donors (Lipinski definition) is 0. The highest BCUT2D eigenvalue weighted by Gasteiger charge is 2.13. The van der Waals surface area contributed by atoms with Gasteiger partial charge in [-0.25, -0.2) is 0 Å². The van der Waals surface area contributed by atoms with Gasteiger partial charge >= 0.3 is 0 Å². The molecule has 0 radical (unpaired) electrons. The number of halogens is 1. The summed E-state index contributed by atoms with van der Waals surface area (Å²) in [5, 5.41) is 10.7. The molecule has 0 aliphatic carbocycles. The molecule has 98 valence electrons. The standard InChI is InChI=1S/C12H15BrN2O3/c13-11-4-3-10(15(16)17)9-12(11)18-8-7-14-5-1-2-6-14/h3-4,9H,1-2,5-8H2. The number of rotatable bonds is 5. The number of hydrogen-bond acceptors (Lipinski definition) is 4. The molecule has 1 aromatic rings. The highest BCUT2D eigenvalue weighted by molar-refractivity contribution is 9.10. The van der Waals surface area contributed by atoms with Gasteiger partial charge in [-0.15, -0.1) is 0 Å². The van der Waals surface area contributed by atoms with Gasteiger partial charge in [0.25, 0.3) is 5.69 Å². The van der Waals surface area contributed by atoms with E-state index in [9.17, 15) is 10.1 Å². The van der Waals surface area contributed by atoms with E-state index in [1.165, 1.54) is 25.0 Å². The minimum absolute atomic E-state index is 0.0503. The van der Waals surface area contributed by atoms with E-state index in [1.54, 1.807) is 6.07 Å². The number of ether oxygens (including phenoxy) is 1. The summed E-state index contributed by atoms with van der Waals surface area (Å²) in [5.41, 5.74) is 0.0503. The van der Waals surface area contributed by atoms with E-state index in [2.05, 4.69) is 20.8 Å². The summed E-state index contributed by atoms with van der Waals surface area (Å²) in [6, 6.07) is 4.55. The van der Waals surface area contributed by atoms with Crippen LogP contribution in [0.5, 0.6) is 5.75 Å². The summed E-state index contributed by atoms with van der Waals surface area (Å²) >= 11 is 3.33. The van der Waals surface area contributed by atoms with Crippen LogP contribution in [0.15, 0.2) is 22.7 Å². The molecule has 1 aliphatic heterocycles. The monoisotopic (exact) mass is 314 g/mol. The van der Waals surface area contributed by atoms with E-state index in [4.69, 9.17) is 4.74 Å². The molecule has 0 bridgehead atoms. The van der Waals surface area contributed by atoms with Crippen molar-refractivity contribution < 1.29 is 9.66 Å². The second-order valence-corrected chi connectivity index (χ2v) is 5.12. The molecule has 6 heteroatoms. The van der Waals surface area contributed by atoms with E-state index < -0.39 is 4.92 Å². The van der Waals surface area contributed by atoms with Crippen molar-refractivity contribution >= 4 is 21.6 Å². The number of likely N-dealkylation sites (tertiary alicyclic amines) is 1. The molecule has 1 fully saturated rings. The molecule has 1 saturated heterocycles. The smallest absolute Gasteiger partial charge is 0.273 e. The molecule has 0 saturated carbocycles. The Balaban J connectivity index is 1.91. The summed E-state index contributed by atoms with van der Waals surface area (Å²) < 4.78 is 6.34. The third-order valence-electron chi connectivity index (χ3n) is 2.99. The van der Waals surface area contributed by atoms with Gasteiger partial charge in [0, 0.05) is 12.6 Å². The molecular formula is C12H15BrN2O3. The highest BCUT2D eigenvalue weighted by atomic mass is 79.9. The van der Waals surface area contributed by atoms with E-state index in [-0.39, 0.29) is 5.69 Å². The quantitative estimate of drug-likeness (QED) is 0.619. The lowest BCUT2D eigenvalue weighted by molar-refractivity contribution is -0.385. The fourth-order valence-corrected chi connectivity index (χ4v) is 2.37. The van der Waals surface area contributed by atoms with Crippen LogP contribution in [0.2, 0.25) is 0 Å². The lowest BCUT2D eigenvalue weighted by Crippen LogP contribution is -2.25. The first-order valence-corrected chi connectivity index (χ1v) is 6.75. The van der Waals surface area contributed by atoms with Crippen LogP contribution in [-0.4, -0.2) is 36.1 Å². The van der Waals surface area contributed by atoms with Crippen LogP contribution in [0.1, 0.15) is 12.8 Å². The third kappa shape index (κ3) is 3.43. The first-order valence-electron chi connectivity index (χ1n) is 5.96. The predicted molar refractivity (Wildman–Crippen MR) is 72.0 cm³/mol. The zero-order valence-corrected chi connectivity index (χ0v) is 11.6. The summed E-state index contributed by atoms with van der Waals surface area (Å²) in [6.45, 7) is 3.67. The Hall–Kier alpha value is -1.14. The van der Waals surface area contributed by atoms with Crippen LogP contribution in [0.4, 0.5) is 5.69 Å². The van der Waals surface area contributed by atoms with Crippen LogP contribution in [0, 0.1) is 10.1 Å². The second kappa shape index (κ2) is 6.15. The van der Waals surface area contributed by atoms with Gasteiger partial charge < -0.3 is 4.74 Å². The molecule has 0 spiro atoms. The van der Waals surface area contributed by atoms with Gasteiger partial charge in [0.15, 0.2) is 0 Å². The van der Waals surface area contributed by atoms with Crippen LogP contribution in [0.3, 0.4) is 0 Å².